The van der Waals surface area contributed by atoms with Crippen LogP contribution >= 0.6 is 0 Å². The lowest BCUT2D eigenvalue weighted by molar-refractivity contribution is -0.130. The van der Waals surface area contributed by atoms with Gasteiger partial charge in [-0.25, -0.2) is 0 Å². The number of hydrogen-bond donors (Lipinski definition) is 2. The van der Waals surface area contributed by atoms with Gasteiger partial charge >= 0.3 is 0 Å². The lowest BCUT2D eigenvalue weighted by Crippen LogP contribution is -2.40. The van der Waals surface area contributed by atoms with Crippen molar-refractivity contribution in [3.05, 3.63) is 47.3 Å². The van der Waals surface area contributed by atoms with Crippen molar-refractivity contribution in [1.82, 2.24) is 10.2 Å². The number of carbonyl (C=O) groups is 1. The Morgan fingerprint density at radius 2 is 2.22 bits per heavy atom. The molecule has 3 N–H and O–H groups in total. The van der Waals surface area contributed by atoms with E-state index < -0.39 is 0 Å². The Morgan fingerprint density at radius 1 is 1.48 bits per heavy atom. The molecule has 0 aromatic heterocycles. The van der Waals surface area contributed by atoms with Gasteiger partial charge in [0, 0.05) is 31.4 Å². The molecule has 5 heteroatoms. The highest BCUT2D eigenvalue weighted by atomic mass is 16.5. The van der Waals surface area contributed by atoms with E-state index in [2.05, 4.69) is 12.2 Å². The summed E-state index contributed by atoms with van der Waals surface area (Å²) in [7, 11) is 0. The molecular weight excluding hydrogens is 290 g/mol. The lowest BCUT2D eigenvalue weighted by atomic mass is 9.86. The predicted octanol–water partition coefficient (Wildman–Crippen LogP) is 1.70. The van der Waals surface area contributed by atoms with E-state index in [4.69, 9.17) is 10.5 Å². The molecule has 0 bridgehead atoms. The second-order valence-electron chi connectivity index (χ2n) is 5.87. The Bertz CT molecular complexity index is 540. The number of rotatable bonds is 5. The minimum atomic E-state index is 0.0330. The Labute approximate surface area is 138 Å². The quantitative estimate of drug-likeness (QED) is 0.598. The highest BCUT2D eigenvalue weighted by molar-refractivity contribution is 5.89. The molecule has 1 saturated heterocycles. The fraction of sp³-hybridized carbons (Fsp3) is 0.500. The lowest BCUT2D eigenvalue weighted by Gasteiger charge is -2.26. The first-order chi connectivity index (χ1) is 11.1. The van der Waals surface area contributed by atoms with Gasteiger partial charge in [0.2, 0.25) is 5.91 Å². The molecule has 23 heavy (non-hydrogen) atoms. The van der Waals surface area contributed by atoms with Crippen LogP contribution in [0.25, 0.3) is 0 Å². The number of nitrogens with zero attached hydrogens (tertiary/aromatic N) is 1. The van der Waals surface area contributed by atoms with E-state index in [0.717, 1.165) is 29.8 Å². The average Bonchev–Trinajstić information content (AvgIpc) is 2.57. The van der Waals surface area contributed by atoms with Crippen LogP contribution in [0.5, 0.6) is 0 Å². The molecule has 1 fully saturated rings. The normalized spacial score (nSPS) is 22.8. The van der Waals surface area contributed by atoms with Gasteiger partial charge in [-0.1, -0.05) is 13.0 Å². The third kappa shape index (κ3) is 4.99. The van der Waals surface area contributed by atoms with E-state index >= 15 is 0 Å². The Morgan fingerprint density at radius 3 is 2.91 bits per heavy atom. The van der Waals surface area contributed by atoms with Crippen LogP contribution in [0.1, 0.15) is 20.3 Å². The zero-order chi connectivity index (χ0) is 16.7. The molecule has 0 aromatic rings. The van der Waals surface area contributed by atoms with Crippen molar-refractivity contribution in [3.8, 4) is 0 Å². The van der Waals surface area contributed by atoms with Gasteiger partial charge in [-0.3, -0.25) is 4.79 Å². The summed E-state index contributed by atoms with van der Waals surface area (Å²) in [6, 6.07) is 0. The molecule has 2 rings (SSSR count). The van der Waals surface area contributed by atoms with Crippen LogP contribution in [-0.2, 0) is 9.53 Å². The second-order valence-corrected chi connectivity index (χ2v) is 5.87. The number of amides is 1. The molecule has 0 radical (unpaired) electrons. The molecule has 1 atom stereocenters. The molecule has 5 nitrogen and oxygen atoms in total. The van der Waals surface area contributed by atoms with E-state index in [9.17, 15) is 4.79 Å². The first-order valence-electron chi connectivity index (χ1n) is 8.27. The maximum absolute atomic E-state index is 12.5. The van der Waals surface area contributed by atoms with E-state index in [1.807, 2.05) is 36.3 Å². The monoisotopic (exact) mass is 317 g/mol. The first kappa shape index (κ1) is 17.3. The molecule has 0 spiro atoms. The van der Waals surface area contributed by atoms with E-state index in [1.165, 1.54) is 0 Å². The highest BCUT2D eigenvalue weighted by Gasteiger charge is 2.19. The molecule has 0 saturated carbocycles. The number of carbonyl (C=O) groups excluding carboxylic acids is 1. The number of hydrogen-bond acceptors (Lipinski definition) is 4. The van der Waals surface area contributed by atoms with Crippen LogP contribution in [0.3, 0.4) is 0 Å². The first-order valence-corrected chi connectivity index (χ1v) is 8.27. The summed E-state index contributed by atoms with van der Waals surface area (Å²) in [6.45, 7) is 7.55. The zero-order valence-electron chi connectivity index (χ0n) is 14.0. The van der Waals surface area contributed by atoms with Gasteiger partial charge in [0.05, 0.1) is 13.2 Å². The maximum Gasteiger partial charge on any atom is 0.247 e. The van der Waals surface area contributed by atoms with Gasteiger partial charge in [0.25, 0.3) is 0 Å². The molecule has 1 amide bonds. The van der Waals surface area contributed by atoms with Crippen LogP contribution in [0.15, 0.2) is 47.3 Å². The minimum Gasteiger partial charge on any atom is -0.399 e. The maximum atomic E-state index is 12.5. The van der Waals surface area contributed by atoms with Gasteiger partial charge in [-0.05, 0) is 48.8 Å². The van der Waals surface area contributed by atoms with Crippen molar-refractivity contribution < 1.29 is 9.53 Å². The van der Waals surface area contributed by atoms with Gasteiger partial charge in [-0.2, -0.15) is 0 Å². The summed E-state index contributed by atoms with van der Waals surface area (Å²) < 4.78 is 5.31. The van der Waals surface area contributed by atoms with Crippen LogP contribution in [0.4, 0.5) is 0 Å². The Balaban J connectivity index is 2.24. The number of nitrogens with one attached hydrogen (secondary N) is 1. The van der Waals surface area contributed by atoms with E-state index in [1.54, 1.807) is 6.08 Å². The minimum absolute atomic E-state index is 0.0330. The summed E-state index contributed by atoms with van der Waals surface area (Å²) in [4.78, 5) is 14.4. The fourth-order valence-electron chi connectivity index (χ4n) is 2.69. The number of nitrogens with two attached hydrogens (primary N) is 1. The molecule has 1 aliphatic heterocycles. The third-order valence-electron chi connectivity index (χ3n) is 4.08. The van der Waals surface area contributed by atoms with Crippen LogP contribution in [0.2, 0.25) is 0 Å². The van der Waals surface area contributed by atoms with Crippen molar-refractivity contribution in [2.75, 3.05) is 32.8 Å². The molecule has 1 unspecified atom stereocenters. The summed E-state index contributed by atoms with van der Waals surface area (Å²) in [5, 5.41) is 3.16. The molecule has 126 valence electrons. The molecular formula is C18H27N3O2. The van der Waals surface area contributed by atoms with Crippen molar-refractivity contribution in [3.63, 3.8) is 0 Å². The molecule has 1 heterocycles. The number of allylic oxidation sites excluding steroid dienone is 5. The summed E-state index contributed by atoms with van der Waals surface area (Å²) in [5.41, 5.74) is 8.76. The third-order valence-corrected chi connectivity index (χ3v) is 4.08. The summed E-state index contributed by atoms with van der Waals surface area (Å²) in [5.74, 6) is 0.378. The molecule has 2 aliphatic rings. The highest BCUT2D eigenvalue weighted by Crippen LogP contribution is 2.28. The Hall–Kier alpha value is -2.01. The summed E-state index contributed by atoms with van der Waals surface area (Å²) in [6.07, 6.45) is 10.5. The van der Waals surface area contributed by atoms with Crippen molar-refractivity contribution in [2.45, 2.75) is 20.3 Å². The molecule has 0 aromatic carbocycles. The van der Waals surface area contributed by atoms with E-state index in [-0.39, 0.29) is 5.91 Å². The Kier molecular flexibility index (Phi) is 6.47. The number of ether oxygens (including phenoxy) is 1. The SMILES string of the molecule is CCN/C=C\C(=C/C(=O)N1CCOCC1)C1=CC(N)=CCC1C. The molecule has 1 aliphatic carbocycles. The zero-order valence-corrected chi connectivity index (χ0v) is 14.0. The largest absolute Gasteiger partial charge is 0.399 e. The van der Waals surface area contributed by atoms with Gasteiger partial charge in [0.1, 0.15) is 0 Å². The van der Waals surface area contributed by atoms with Gasteiger partial charge in [0.15, 0.2) is 0 Å². The van der Waals surface area contributed by atoms with Crippen molar-refractivity contribution >= 4 is 5.91 Å². The standard InChI is InChI=1S/C18H27N3O2/c1-3-20-7-6-15(17-13-16(19)5-4-14(17)2)12-18(22)21-8-10-23-11-9-21/h5-7,12-14,20H,3-4,8-11,19H2,1-2H3/b7-6-,15-12+. The van der Waals surface area contributed by atoms with Crippen molar-refractivity contribution in [2.24, 2.45) is 11.7 Å². The average molecular weight is 317 g/mol. The van der Waals surface area contributed by atoms with E-state index in [0.29, 0.717) is 32.2 Å². The van der Waals surface area contributed by atoms with Crippen LogP contribution in [-0.4, -0.2) is 43.7 Å². The van der Waals surface area contributed by atoms with Gasteiger partial charge in [-0.15, -0.1) is 0 Å². The fourth-order valence-corrected chi connectivity index (χ4v) is 2.69. The topological polar surface area (TPSA) is 67.6 Å². The number of morpholine rings is 1. The summed E-state index contributed by atoms with van der Waals surface area (Å²) >= 11 is 0. The second kappa shape index (κ2) is 8.58. The van der Waals surface area contributed by atoms with Crippen molar-refractivity contribution in [1.29, 1.82) is 0 Å². The van der Waals surface area contributed by atoms with Crippen LogP contribution < -0.4 is 11.1 Å². The van der Waals surface area contributed by atoms with Crippen LogP contribution in [0, 0.1) is 5.92 Å². The van der Waals surface area contributed by atoms with Gasteiger partial charge < -0.3 is 20.7 Å². The predicted molar refractivity (Wildman–Crippen MR) is 92.4 cm³/mol. The smallest absolute Gasteiger partial charge is 0.247 e.